The van der Waals surface area contributed by atoms with Crippen LogP contribution in [0.4, 0.5) is 5.82 Å². The molecule has 1 saturated carbocycles. The number of rotatable bonds is 5. The van der Waals surface area contributed by atoms with Crippen molar-refractivity contribution in [3.63, 3.8) is 0 Å². The van der Waals surface area contributed by atoms with Gasteiger partial charge in [0.1, 0.15) is 11.5 Å². The number of aromatic nitrogens is 2. The Morgan fingerprint density at radius 1 is 0.943 bits per heavy atom. The molecule has 0 unspecified atom stereocenters. The maximum Gasteiger partial charge on any atom is 0.272 e. The number of nitrogens with zero attached hydrogens (tertiary/aromatic N) is 4. The third-order valence-electron chi connectivity index (χ3n) is 7.37. The van der Waals surface area contributed by atoms with E-state index in [1.807, 2.05) is 30.3 Å². The van der Waals surface area contributed by atoms with Gasteiger partial charge in [0.2, 0.25) is 0 Å². The van der Waals surface area contributed by atoms with Gasteiger partial charge in [-0.05, 0) is 36.8 Å². The van der Waals surface area contributed by atoms with Gasteiger partial charge in [0.05, 0.1) is 6.10 Å². The molecule has 2 aromatic carbocycles. The molecule has 1 amide bonds. The number of amides is 1. The van der Waals surface area contributed by atoms with Crippen LogP contribution in [0.5, 0.6) is 0 Å². The predicted molar refractivity (Wildman–Crippen MR) is 135 cm³/mol. The summed E-state index contributed by atoms with van der Waals surface area (Å²) in [5.41, 5.74) is 4.00. The number of benzene rings is 2. The fourth-order valence-corrected chi connectivity index (χ4v) is 5.28. The summed E-state index contributed by atoms with van der Waals surface area (Å²) in [5.74, 6) is 1.08. The van der Waals surface area contributed by atoms with E-state index in [1.54, 1.807) is 11.0 Å². The molecule has 1 saturated heterocycles. The summed E-state index contributed by atoms with van der Waals surface area (Å²) in [6.45, 7) is 2.72. The Bertz CT molecular complexity index is 1210. The number of nitrogens with one attached hydrogen (secondary N) is 1. The van der Waals surface area contributed by atoms with Gasteiger partial charge in [-0.3, -0.25) is 9.69 Å². The third kappa shape index (κ3) is 4.79. The Balaban J connectivity index is 1.18. The highest BCUT2D eigenvalue weighted by molar-refractivity contribution is 5.93. The quantitative estimate of drug-likeness (QED) is 0.597. The van der Waals surface area contributed by atoms with Gasteiger partial charge in [0.15, 0.2) is 5.82 Å². The second-order valence-corrected chi connectivity index (χ2v) is 9.91. The van der Waals surface area contributed by atoms with E-state index in [9.17, 15) is 9.90 Å². The zero-order valence-electron chi connectivity index (χ0n) is 19.8. The summed E-state index contributed by atoms with van der Waals surface area (Å²) in [5, 5.41) is 14.5. The lowest BCUT2D eigenvalue weighted by Gasteiger charge is -2.43. The maximum atomic E-state index is 13.5. The van der Waals surface area contributed by atoms with Crippen LogP contribution in [-0.4, -0.2) is 68.6 Å². The summed E-state index contributed by atoms with van der Waals surface area (Å²) in [6, 6.07) is 20.5. The van der Waals surface area contributed by atoms with Crippen molar-refractivity contribution >= 4 is 11.7 Å². The highest BCUT2D eigenvalue weighted by Crippen LogP contribution is 2.28. The predicted octanol–water partition coefficient (Wildman–Crippen LogP) is 3.35. The first-order valence-electron chi connectivity index (χ1n) is 12.6. The van der Waals surface area contributed by atoms with E-state index in [1.165, 1.54) is 11.1 Å². The van der Waals surface area contributed by atoms with Crippen molar-refractivity contribution in [3.05, 3.63) is 77.5 Å². The van der Waals surface area contributed by atoms with Crippen molar-refractivity contribution in [2.75, 3.05) is 25.0 Å². The molecule has 2 aliphatic heterocycles. The van der Waals surface area contributed by atoms with Crippen LogP contribution in [0.1, 0.15) is 40.9 Å². The summed E-state index contributed by atoms with van der Waals surface area (Å²) < 4.78 is 0. The summed E-state index contributed by atoms with van der Waals surface area (Å²) in [7, 11) is 0. The number of fused-ring (bicyclic) bond motifs is 1. The Hall–Kier alpha value is -3.29. The standard InChI is InChI=1S/C28H31N5O2/c34-25-18-33(15-13-24(25)32-14-12-19-6-4-5-9-21(19)17-32)28(35)23-16-26(29-22-10-11-22)31-27(30-23)20-7-2-1-3-8-20/h1-9,16,22,24-25,34H,10-15,17-18H2,(H,29,30,31)/t24-,25-/m0/s1. The normalized spacial score (nSPS) is 22.5. The number of aliphatic hydroxyl groups is 1. The average molecular weight is 470 g/mol. The molecule has 0 radical (unpaired) electrons. The van der Waals surface area contributed by atoms with Crippen LogP contribution < -0.4 is 5.32 Å². The second-order valence-electron chi connectivity index (χ2n) is 9.91. The van der Waals surface area contributed by atoms with E-state index in [0.29, 0.717) is 36.5 Å². The van der Waals surface area contributed by atoms with Crippen molar-refractivity contribution in [1.29, 1.82) is 0 Å². The fraction of sp³-hybridized carbons (Fsp3) is 0.393. The van der Waals surface area contributed by atoms with Crippen LogP contribution in [0.3, 0.4) is 0 Å². The number of hydrogen-bond donors (Lipinski definition) is 2. The molecule has 3 aliphatic rings. The molecule has 1 aliphatic carbocycles. The van der Waals surface area contributed by atoms with Gasteiger partial charge < -0.3 is 15.3 Å². The highest BCUT2D eigenvalue weighted by atomic mass is 16.3. The van der Waals surface area contributed by atoms with Crippen LogP contribution in [-0.2, 0) is 13.0 Å². The van der Waals surface area contributed by atoms with Crippen molar-refractivity contribution in [1.82, 2.24) is 19.8 Å². The molecule has 2 N–H and O–H groups in total. The molecule has 3 heterocycles. The van der Waals surface area contributed by atoms with E-state index < -0.39 is 6.10 Å². The molecule has 1 aromatic heterocycles. The Morgan fingerprint density at radius 2 is 1.71 bits per heavy atom. The number of anilines is 1. The van der Waals surface area contributed by atoms with Crippen LogP contribution in [0.25, 0.3) is 11.4 Å². The molecule has 35 heavy (non-hydrogen) atoms. The Labute approximate surface area is 205 Å². The maximum absolute atomic E-state index is 13.5. The van der Waals surface area contributed by atoms with Gasteiger partial charge in [0.25, 0.3) is 5.91 Å². The number of β-amino-alcohol motifs (C(OH)–C–C–N with tert-alkyl or cyclic N) is 1. The molecule has 6 rings (SSSR count). The number of carbonyl (C=O) groups excluding carboxylic acids is 1. The Morgan fingerprint density at radius 3 is 2.49 bits per heavy atom. The zero-order chi connectivity index (χ0) is 23.8. The van der Waals surface area contributed by atoms with E-state index in [2.05, 4.69) is 44.5 Å². The van der Waals surface area contributed by atoms with E-state index in [4.69, 9.17) is 0 Å². The molecule has 0 spiro atoms. The van der Waals surface area contributed by atoms with Crippen molar-refractivity contribution in [3.8, 4) is 11.4 Å². The largest absolute Gasteiger partial charge is 0.390 e. The first-order chi connectivity index (χ1) is 17.1. The second kappa shape index (κ2) is 9.40. The van der Waals surface area contributed by atoms with Crippen molar-refractivity contribution in [2.45, 2.75) is 50.4 Å². The third-order valence-corrected chi connectivity index (χ3v) is 7.37. The highest BCUT2D eigenvalue weighted by Gasteiger charge is 2.36. The minimum absolute atomic E-state index is 0.0600. The smallest absolute Gasteiger partial charge is 0.272 e. The lowest BCUT2D eigenvalue weighted by molar-refractivity contribution is -0.0139. The van der Waals surface area contributed by atoms with Gasteiger partial charge >= 0.3 is 0 Å². The van der Waals surface area contributed by atoms with E-state index in [-0.39, 0.29) is 11.9 Å². The molecule has 7 heteroatoms. The van der Waals surface area contributed by atoms with Gasteiger partial charge in [-0.2, -0.15) is 0 Å². The number of hydrogen-bond acceptors (Lipinski definition) is 6. The number of piperidine rings is 1. The zero-order valence-corrected chi connectivity index (χ0v) is 19.8. The minimum Gasteiger partial charge on any atom is -0.390 e. The number of carbonyl (C=O) groups is 1. The van der Waals surface area contributed by atoms with Gasteiger partial charge in [0, 0.05) is 49.9 Å². The molecule has 3 aromatic rings. The molecular formula is C28H31N5O2. The topological polar surface area (TPSA) is 81.6 Å². The molecule has 180 valence electrons. The molecule has 7 nitrogen and oxygen atoms in total. The molecule has 0 bridgehead atoms. The molecule has 2 atom stereocenters. The monoisotopic (exact) mass is 469 g/mol. The average Bonchev–Trinajstić information content (AvgIpc) is 3.72. The molecular weight excluding hydrogens is 438 g/mol. The lowest BCUT2D eigenvalue weighted by Crippen LogP contribution is -2.56. The summed E-state index contributed by atoms with van der Waals surface area (Å²) in [6.07, 6.45) is 3.40. The fourth-order valence-electron chi connectivity index (χ4n) is 5.28. The van der Waals surface area contributed by atoms with Gasteiger partial charge in [-0.1, -0.05) is 54.6 Å². The van der Waals surface area contributed by atoms with Gasteiger partial charge in [-0.15, -0.1) is 0 Å². The van der Waals surface area contributed by atoms with Gasteiger partial charge in [-0.25, -0.2) is 9.97 Å². The summed E-state index contributed by atoms with van der Waals surface area (Å²) >= 11 is 0. The van der Waals surface area contributed by atoms with Crippen LogP contribution in [0.2, 0.25) is 0 Å². The van der Waals surface area contributed by atoms with Crippen molar-refractivity contribution < 1.29 is 9.90 Å². The number of aliphatic hydroxyl groups excluding tert-OH is 1. The molecule has 2 fully saturated rings. The summed E-state index contributed by atoms with van der Waals surface area (Å²) in [4.78, 5) is 26.9. The van der Waals surface area contributed by atoms with E-state index in [0.717, 1.165) is 44.3 Å². The van der Waals surface area contributed by atoms with E-state index >= 15 is 0 Å². The first-order valence-corrected chi connectivity index (χ1v) is 12.6. The van der Waals surface area contributed by atoms with Crippen molar-refractivity contribution in [2.24, 2.45) is 0 Å². The van der Waals surface area contributed by atoms with Crippen LogP contribution in [0.15, 0.2) is 60.7 Å². The first kappa shape index (κ1) is 22.2. The minimum atomic E-state index is -0.586. The van der Waals surface area contributed by atoms with Crippen LogP contribution in [0, 0.1) is 0 Å². The SMILES string of the molecule is O=C(c1cc(NC2CC2)nc(-c2ccccc2)n1)N1CC[C@H](N2CCc3ccccc3C2)[C@@H](O)C1. The number of likely N-dealkylation sites (tertiary alicyclic amines) is 1. The lowest BCUT2D eigenvalue weighted by atomic mass is 9.94. The van der Waals surface area contributed by atoms with Crippen LogP contribution >= 0.6 is 0 Å². The Kier molecular flexibility index (Phi) is 5.96.